The first-order valence-electron chi connectivity index (χ1n) is 5.93. The summed E-state index contributed by atoms with van der Waals surface area (Å²) in [6, 6.07) is 4.47. The number of carboxylic acid groups (broad SMARTS) is 1. The molecule has 1 rings (SSSR count). The van der Waals surface area contributed by atoms with E-state index in [1.165, 1.54) is 19.1 Å². The standard InChI is InChI=1S/C13H15ClN2O4/c1-3-16(7-12(18)19)13(20)10-6-9(15-8(2)17)4-5-11(10)14/h4-6H,3,7H2,1-2H3,(H,15,17)(H,18,19). The van der Waals surface area contributed by atoms with Crippen LogP contribution >= 0.6 is 11.6 Å². The molecule has 0 fully saturated rings. The SMILES string of the molecule is CCN(CC(=O)O)C(=O)c1cc(NC(C)=O)ccc1Cl. The number of amides is 2. The highest BCUT2D eigenvalue weighted by Crippen LogP contribution is 2.22. The molecule has 0 aliphatic rings. The maximum atomic E-state index is 12.2. The Morgan fingerprint density at radius 3 is 2.50 bits per heavy atom. The maximum Gasteiger partial charge on any atom is 0.323 e. The molecule has 108 valence electrons. The molecular formula is C13H15ClN2O4. The van der Waals surface area contributed by atoms with E-state index in [1.807, 2.05) is 0 Å². The first-order chi connectivity index (χ1) is 9.35. The van der Waals surface area contributed by atoms with Crippen LogP contribution in [0.25, 0.3) is 0 Å². The van der Waals surface area contributed by atoms with Gasteiger partial charge < -0.3 is 15.3 Å². The van der Waals surface area contributed by atoms with Crippen molar-refractivity contribution in [3.63, 3.8) is 0 Å². The van der Waals surface area contributed by atoms with Crippen LogP contribution in [0.4, 0.5) is 5.69 Å². The summed E-state index contributed by atoms with van der Waals surface area (Å²) in [5.41, 5.74) is 0.581. The zero-order chi connectivity index (χ0) is 15.3. The first kappa shape index (κ1) is 16.0. The van der Waals surface area contributed by atoms with Gasteiger partial charge in [0, 0.05) is 19.2 Å². The van der Waals surface area contributed by atoms with E-state index in [4.69, 9.17) is 16.7 Å². The molecule has 2 amide bonds. The molecule has 0 atom stereocenters. The van der Waals surface area contributed by atoms with Gasteiger partial charge in [-0.25, -0.2) is 0 Å². The number of likely N-dealkylation sites (N-methyl/N-ethyl adjacent to an activating group) is 1. The number of nitrogens with zero attached hydrogens (tertiary/aromatic N) is 1. The maximum absolute atomic E-state index is 12.2. The molecule has 0 unspecified atom stereocenters. The monoisotopic (exact) mass is 298 g/mol. The van der Waals surface area contributed by atoms with Gasteiger partial charge in [-0.15, -0.1) is 0 Å². The van der Waals surface area contributed by atoms with Crippen molar-refractivity contribution in [1.29, 1.82) is 0 Å². The van der Waals surface area contributed by atoms with E-state index in [0.717, 1.165) is 4.90 Å². The van der Waals surface area contributed by atoms with Crippen molar-refractivity contribution in [2.45, 2.75) is 13.8 Å². The van der Waals surface area contributed by atoms with Crippen molar-refractivity contribution < 1.29 is 19.5 Å². The lowest BCUT2D eigenvalue weighted by atomic mass is 10.1. The Morgan fingerprint density at radius 2 is 2.00 bits per heavy atom. The van der Waals surface area contributed by atoms with Gasteiger partial charge in [0.05, 0.1) is 10.6 Å². The van der Waals surface area contributed by atoms with Crippen LogP contribution in [0.15, 0.2) is 18.2 Å². The summed E-state index contributed by atoms with van der Waals surface area (Å²) >= 11 is 5.96. The van der Waals surface area contributed by atoms with E-state index in [0.29, 0.717) is 5.69 Å². The molecule has 0 radical (unpaired) electrons. The summed E-state index contributed by atoms with van der Waals surface area (Å²) in [5.74, 6) is -1.87. The first-order valence-corrected chi connectivity index (χ1v) is 6.31. The zero-order valence-electron chi connectivity index (χ0n) is 11.1. The predicted molar refractivity (Wildman–Crippen MR) is 75.0 cm³/mol. The Hall–Kier alpha value is -2.08. The molecule has 0 saturated heterocycles. The smallest absolute Gasteiger partial charge is 0.323 e. The van der Waals surface area contributed by atoms with E-state index < -0.39 is 18.4 Å². The van der Waals surface area contributed by atoms with Gasteiger partial charge in [-0.1, -0.05) is 11.6 Å². The number of hydrogen-bond donors (Lipinski definition) is 2. The number of carboxylic acids is 1. The average molecular weight is 299 g/mol. The van der Waals surface area contributed by atoms with Crippen molar-refractivity contribution in [2.75, 3.05) is 18.4 Å². The van der Waals surface area contributed by atoms with E-state index >= 15 is 0 Å². The van der Waals surface area contributed by atoms with Crippen molar-refractivity contribution in [2.24, 2.45) is 0 Å². The van der Waals surface area contributed by atoms with Gasteiger partial charge in [-0.3, -0.25) is 14.4 Å². The highest BCUT2D eigenvalue weighted by molar-refractivity contribution is 6.34. The molecule has 0 bridgehead atoms. The van der Waals surface area contributed by atoms with Crippen molar-refractivity contribution in [1.82, 2.24) is 4.90 Å². The number of carbonyl (C=O) groups is 3. The number of rotatable bonds is 5. The summed E-state index contributed by atoms with van der Waals surface area (Å²) < 4.78 is 0. The van der Waals surface area contributed by atoms with Crippen LogP contribution in [0, 0.1) is 0 Å². The molecule has 0 aliphatic heterocycles. The molecular weight excluding hydrogens is 284 g/mol. The number of nitrogens with one attached hydrogen (secondary N) is 1. The van der Waals surface area contributed by atoms with Gasteiger partial charge in [0.1, 0.15) is 6.54 Å². The lowest BCUT2D eigenvalue weighted by Gasteiger charge is -2.19. The van der Waals surface area contributed by atoms with Crippen LogP contribution in [0.3, 0.4) is 0 Å². The molecule has 0 saturated carbocycles. The van der Waals surface area contributed by atoms with Crippen LogP contribution < -0.4 is 5.32 Å². The van der Waals surface area contributed by atoms with Crippen LogP contribution in [0.1, 0.15) is 24.2 Å². The summed E-state index contributed by atoms with van der Waals surface area (Å²) in [6.45, 7) is 2.85. The van der Waals surface area contributed by atoms with Gasteiger partial charge in [0.2, 0.25) is 5.91 Å². The van der Waals surface area contributed by atoms with Gasteiger partial charge in [-0.05, 0) is 25.1 Å². The molecule has 20 heavy (non-hydrogen) atoms. The van der Waals surface area contributed by atoms with E-state index in [1.54, 1.807) is 13.0 Å². The molecule has 1 aromatic rings. The summed E-state index contributed by atoms with van der Waals surface area (Å²) in [7, 11) is 0. The number of halogens is 1. The number of hydrogen-bond acceptors (Lipinski definition) is 3. The Kier molecular flexibility index (Phi) is 5.52. The van der Waals surface area contributed by atoms with E-state index in [9.17, 15) is 14.4 Å². The lowest BCUT2D eigenvalue weighted by molar-refractivity contribution is -0.137. The number of benzene rings is 1. The van der Waals surface area contributed by atoms with Crippen LogP contribution in [-0.4, -0.2) is 40.9 Å². The van der Waals surface area contributed by atoms with Crippen molar-refractivity contribution >= 4 is 35.1 Å². The molecule has 2 N–H and O–H groups in total. The van der Waals surface area contributed by atoms with Gasteiger partial charge in [0.25, 0.3) is 5.91 Å². The van der Waals surface area contributed by atoms with Gasteiger partial charge in [-0.2, -0.15) is 0 Å². The van der Waals surface area contributed by atoms with Crippen molar-refractivity contribution in [3.05, 3.63) is 28.8 Å². The number of aliphatic carboxylic acids is 1. The molecule has 0 spiro atoms. The van der Waals surface area contributed by atoms with Crippen LogP contribution in [0.5, 0.6) is 0 Å². The lowest BCUT2D eigenvalue weighted by Crippen LogP contribution is -2.35. The van der Waals surface area contributed by atoms with E-state index in [2.05, 4.69) is 5.32 Å². The fraction of sp³-hybridized carbons (Fsp3) is 0.308. The average Bonchev–Trinajstić information content (AvgIpc) is 2.36. The minimum Gasteiger partial charge on any atom is -0.480 e. The second-order valence-electron chi connectivity index (χ2n) is 4.09. The van der Waals surface area contributed by atoms with Crippen molar-refractivity contribution in [3.8, 4) is 0 Å². The van der Waals surface area contributed by atoms with Gasteiger partial charge in [0.15, 0.2) is 0 Å². The Balaban J connectivity index is 3.06. The fourth-order valence-electron chi connectivity index (χ4n) is 1.63. The molecule has 0 aromatic heterocycles. The number of carbonyl (C=O) groups excluding carboxylic acids is 2. The van der Waals surface area contributed by atoms with Crippen LogP contribution in [0.2, 0.25) is 5.02 Å². The quantitative estimate of drug-likeness (QED) is 0.868. The minimum atomic E-state index is -1.10. The molecule has 0 aliphatic carbocycles. The third kappa shape index (κ3) is 4.24. The highest BCUT2D eigenvalue weighted by atomic mass is 35.5. The Labute approximate surface area is 121 Å². The molecule has 6 nitrogen and oxygen atoms in total. The normalized spacial score (nSPS) is 9.95. The molecule has 1 aromatic carbocycles. The second kappa shape index (κ2) is 6.91. The second-order valence-corrected chi connectivity index (χ2v) is 4.50. The predicted octanol–water partition coefficient (Wildman–Crippen LogP) is 1.85. The summed E-state index contributed by atoms with van der Waals surface area (Å²) in [5, 5.41) is 11.5. The molecule has 0 heterocycles. The molecule has 7 heteroatoms. The Morgan fingerprint density at radius 1 is 1.35 bits per heavy atom. The number of anilines is 1. The van der Waals surface area contributed by atoms with Crippen LogP contribution in [-0.2, 0) is 9.59 Å². The topological polar surface area (TPSA) is 86.7 Å². The zero-order valence-corrected chi connectivity index (χ0v) is 11.9. The third-order valence-corrected chi connectivity index (χ3v) is 2.84. The fourth-order valence-corrected chi connectivity index (χ4v) is 1.83. The Bertz CT molecular complexity index is 545. The summed E-state index contributed by atoms with van der Waals surface area (Å²) in [4.78, 5) is 35.1. The third-order valence-electron chi connectivity index (χ3n) is 2.51. The summed E-state index contributed by atoms with van der Waals surface area (Å²) in [6.07, 6.45) is 0. The highest BCUT2D eigenvalue weighted by Gasteiger charge is 2.19. The van der Waals surface area contributed by atoms with E-state index in [-0.39, 0.29) is 23.0 Å². The van der Waals surface area contributed by atoms with Gasteiger partial charge >= 0.3 is 5.97 Å². The largest absolute Gasteiger partial charge is 0.480 e. The minimum absolute atomic E-state index is 0.154.